The smallest absolute Gasteiger partial charge is 0.129 e. The number of hydrogen-bond donors (Lipinski definition) is 1. The molecule has 4 heteroatoms. The van der Waals surface area contributed by atoms with Gasteiger partial charge in [-0.3, -0.25) is 0 Å². The number of hydrogen-bond acceptors (Lipinski definition) is 4. The topological polar surface area (TPSA) is 45.4 Å². The Morgan fingerprint density at radius 2 is 2.11 bits per heavy atom. The highest BCUT2D eigenvalue weighted by atomic mass is 15.3. The van der Waals surface area contributed by atoms with Gasteiger partial charge in [-0.05, 0) is 44.6 Å². The molecule has 1 fully saturated rings. The van der Waals surface area contributed by atoms with Gasteiger partial charge >= 0.3 is 0 Å². The van der Waals surface area contributed by atoms with Gasteiger partial charge in [-0.1, -0.05) is 6.92 Å². The second-order valence-electron chi connectivity index (χ2n) is 5.59. The Morgan fingerprint density at radius 1 is 1.39 bits per heavy atom. The molecule has 18 heavy (non-hydrogen) atoms. The minimum absolute atomic E-state index is 0.580. The molecule has 100 valence electrons. The van der Waals surface area contributed by atoms with Crippen LogP contribution in [0.1, 0.15) is 18.2 Å². The molecule has 2 unspecified atom stereocenters. The Bertz CT molecular complexity index is 416. The van der Waals surface area contributed by atoms with Gasteiger partial charge in [0.25, 0.3) is 0 Å². The lowest BCUT2D eigenvalue weighted by molar-refractivity contribution is 0.266. The summed E-state index contributed by atoms with van der Waals surface area (Å²) in [6.45, 7) is 7.05. The predicted octanol–water partition coefficient (Wildman–Crippen LogP) is 1.24. The van der Waals surface area contributed by atoms with Gasteiger partial charge in [-0.2, -0.15) is 0 Å². The fourth-order valence-corrected chi connectivity index (χ4v) is 2.81. The molecule has 2 rings (SSSR count). The molecule has 2 heterocycles. The summed E-state index contributed by atoms with van der Waals surface area (Å²) in [5, 5.41) is 0. The normalized spacial score (nSPS) is 24.0. The van der Waals surface area contributed by atoms with Crippen LogP contribution in [0.15, 0.2) is 12.1 Å². The molecule has 0 amide bonds. The third-order valence-corrected chi connectivity index (χ3v) is 3.80. The second-order valence-corrected chi connectivity index (χ2v) is 5.59. The van der Waals surface area contributed by atoms with Gasteiger partial charge in [0.1, 0.15) is 5.82 Å². The number of pyridine rings is 1. The summed E-state index contributed by atoms with van der Waals surface area (Å²) in [7, 11) is 4.30. The van der Waals surface area contributed by atoms with E-state index in [4.69, 9.17) is 5.73 Å². The molecule has 2 N–H and O–H groups in total. The van der Waals surface area contributed by atoms with Gasteiger partial charge < -0.3 is 15.5 Å². The van der Waals surface area contributed by atoms with E-state index >= 15 is 0 Å². The highest BCUT2D eigenvalue weighted by molar-refractivity contribution is 5.44. The van der Waals surface area contributed by atoms with Crippen LogP contribution in [0.5, 0.6) is 0 Å². The molecular weight excluding hydrogens is 224 g/mol. The summed E-state index contributed by atoms with van der Waals surface area (Å²) in [5.74, 6) is 1.75. The molecule has 1 aromatic rings. The standard InChI is InChI=1S/C14H24N4/c1-10-8-18(9-13(10)17(3)4)14-6-12(7-15)5-11(2)16-14/h5-6,10,13H,7-9,15H2,1-4H3. The van der Waals surface area contributed by atoms with Crippen molar-refractivity contribution in [2.75, 3.05) is 32.1 Å². The van der Waals surface area contributed by atoms with Crippen molar-refractivity contribution in [3.8, 4) is 0 Å². The van der Waals surface area contributed by atoms with E-state index in [1.807, 2.05) is 6.92 Å². The summed E-state index contributed by atoms with van der Waals surface area (Å²) in [6, 6.07) is 4.79. The molecule has 1 saturated heterocycles. The van der Waals surface area contributed by atoms with Crippen LogP contribution in [-0.4, -0.2) is 43.1 Å². The summed E-state index contributed by atoms with van der Waals surface area (Å²) in [6.07, 6.45) is 0. The minimum Gasteiger partial charge on any atom is -0.355 e. The van der Waals surface area contributed by atoms with E-state index < -0.39 is 0 Å². The first kappa shape index (κ1) is 13.3. The van der Waals surface area contributed by atoms with E-state index in [-0.39, 0.29) is 0 Å². The van der Waals surface area contributed by atoms with Crippen LogP contribution in [0.25, 0.3) is 0 Å². The number of rotatable bonds is 3. The van der Waals surface area contributed by atoms with Crippen molar-refractivity contribution in [3.05, 3.63) is 23.4 Å². The van der Waals surface area contributed by atoms with Gasteiger partial charge in [0.05, 0.1) is 0 Å². The van der Waals surface area contributed by atoms with E-state index in [1.165, 1.54) is 5.56 Å². The largest absolute Gasteiger partial charge is 0.355 e. The van der Waals surface area contributed by atoms with Crippen LogP contribution in [0, 0.1) is 12.8 Å². The average molecular weight is 248 g/mol. The van der Waals surface area contributed by atoms with E-state index in [0.29, 0.717) is 18.5 Å². The first-order valence-electron chi connectivity index (χ1n) is 6.60. The maximum atomic E-state index is 5.73. The highest BCUT2D eigenvalue weighted by Gasteiger charge is 2.31. The SMILES string of the molecule is Cc1cc(CN)cc(N2CC(C)C(N(C)C)C2)n1. The Balaban J connectivity index is 2.20. The third kappa shape index (κ3) is 2.65. The highest BCUT2D eigenvalue weighted by Crippen LogP contribution is 2.25. The number of aryl methyl sites for hydroxylation is 1. The molecule has 1 aliphatic rings. The lowest BCUT2D eigenvalue weighted by atomic mass is 10.1. The zero-order valence-electron chi connectivity index (χ0n) is 11.8. The Labute approximate surface area is 110 Å². The van der Waals surface area contributed by atoms with Crippen LogP contribution < -0.4 is 10.6 Å². The summed E-state index contributed by atoms with van der Waals surface area (Å²) in [4.78, 5) is 9.33. The van der Waals surface area contributed by atoms with Crippen LogP contribution in [0.3, 0.4) is 0 Å². The van der Waals surface area contributed by atoms with Crippen LogP contribution in [-0.2, 0) is 6.54 Å². The zero-order chi connectivity index (χ0) is 13.3. The molecule has 1 aromatic heterocycles. The van der Waals surface area contributed by atoms with E-state index in [0.717, 1.165) is 24.6 Å². The molecule has 0 aromatic carbocycles. The molecule has 0 spiro atoms. The molecule has 2 atom stereocenters. The number of nitrogens with zero attached hydrogens (tertiary/aromatic N) is 3. The minimum atomic E-state index is 0.580. The monoisotopic (exact) mass is 248 g/mol. The quantitative estimate of drug-likeness (QED) is 0.874. The Hall–Kier alpha value is -1.13. The van der Waals surface area contributed by atoms with Crippen molar-refractivity contribution in [1.82, 2.24) is 9.88 Å². The number of anilines is 1. The third-order valence-electron chi connectivity index (χ3n) is 3.80. The van der Waals surface area contributed by atoms with Crippen LogP contribution in [0.2, 0.25) is 0 Å². The number of aromatic nitrogens is 1. The number of likely N-dealkylation sites (N-methyl/N-ethyl adjacent to an activating group) is 1. The molecule has 0 saturated carbocycles. The Morgan fingerprint density at radius 3 is 2.67 bits per heavy atom. The molecular formula is C14H24N4. The summed E-state index contributed by atoms with van der Waals surface area (Å²) >= 11 is 0. The van der Waals surface area contributed by atoms with Crippen LogP contribution in [0.4, 0.5) is 5.82 Å². The second kappa shape index (κ2) is 5.24. The maximum Gasteiger partial charge on any atom is 0.129 e. The zero-order valence-corrected chi connectivity index (χ0v) is 11.8. The maximum absolute atomic E-state index is 5.73. The van der Waals surface area contributed by atoms with Crippen molar-refractivity contribution < 1.29 is 0 Å². The van der Waals surface area contributed by atoms with Gasteiger partial charge in [0.15, 0.2) is 0 Å². The first-order chi connectivity index (χ1) is 8.51. The Kier molecular flexibility index (Phi) is 3.88. The van der Waals surface area contributed by atoms with Crippen molar-refractivity contribution in [3.63, 3.8) is 0 Å². The van der Waals surface area contributed by atoms with Gasteiger partial charge in [-0.25, -0.2) is 4.98 Å². The number of nitrogens with two attached hydrogens (primary N) is 1. The molecule has 0 radical (unpaired) electrons. The average Bonchev–Trinajstić information content (AvgIpc) is 2.70. The van der Waals surface area contributed by atoms with E-state index in [2.05, 4.69) is 47.9 Å². The molecule has 4 nitrogen and oxygen atoms in total. The van der Waals surface area contributed by atoms with Gasteiger partial charge in [-0.15, -0.1) is 0 Å². The van der Waals surface area contributed by atoms with Crippen LogP contribution >= 0.6 is 0 Å². The van der Waals surface area contributed by atoms with Crippen molar-refractivity contribution in [2.24, 2.45) is 11.7 Å². The summed E-state index contributed by atoms with van der Waals surface area (Å²) < 4.78 is 0. The lowest BCUT2D eigenvalue weighted by Gasteiger charge is -2.23. The molecule has 1 aliphatic heterocycles. The lowest BCUT2D eigenvalue weighted by Crippen LogP contribution is -2.34. The predicted molar refractivity (Wildman–Crippen MR) is 75.7 cm³/mol. The fourth-order valence-electron chi connectivity index (χ4n) is 2.81. The van der Waals surface area contributed by atoms with Crippen molar-refractivity contribution in [2.45, 2.75) is 26.4 Å². The summed E-state index contributed by atoms with van der Waals surface area (Å²) in [5.41, 5.74) is 7.95. The first-order valence-corrected chi connectivity index (χ1v) is 6.60. The molecule has 0 bridgehead atoms. The molecule has 0 aliphatic carbocycles. The van der Waals surface area contributed by atoms with Gasteiger partial charge in [0.2, 0.25) is 0 Å². The fraction of sp³-hybridized carbons (Fsp3) is 0.643. The van der Waals surface area contributed by atoms with E-state index in [9.17, 15) is 0 Å². The van der Waals surface area contributed by atoms with Crippen molar-refractivity contribution in [1.29, 1.82) is 0 Å². The van der Waals surface area contributed by atoms with Crippen molar-refractivity contribution >= 4 is 5.82 Å². The van der Waals surface area contributed by atoms with Gasteiger partial charge in [0, 0.05) is 31.4 Å². The van der Waals surface area contributed by atoms with E-state index in [1.54, 1.807) is 0 Å².